The minimum absolute atomic E-state index is 0.123. The number of nitrogens with zero attached hydrogens (tertiary/aromatic N) is 2. The fraction of sp³-hybridized carbons (Fsp3) is 0.333. The van der Waals surface area contributed by atoms with Crippen LogP contribution in [-0.2, 0) is 21.4 Å². The molecule has 2 N–H and O–H groups in total. The molecule has 0 radical (unpaired) electrons. The third kappa shape index (κ3) is 3.35. The van der Waals surface area contributed by atoms with Crippen LogP contribution in [-0.4, -0.2) is 39.8 Å². The minimum atomic E-state index is -1.80. The molecule has 0 bridgehead atoms. The van der Waals surface area contributed by atoms with Gasteiger partial charge in [0.2, 0.25) is 0 Å². The summed E-state index contributed by atoms with van der Waals surface area (Å²) in [5, 5.41) is 9.46. The second-order valence-corrected chi connectivity index (χ2v) is 6.27. The molecule has 0 saturated carbocycles. The van der Waals surface area contributed by atoms with Crippen LogP contribution in [0.3, 0.4) is 0 Å². The Kier molecular flexibility index (Phi) is 4.61. The summed E-state index contributed by atoms with van der Waals surface area (Å²) in [7, 11) is 1.75. The maximum Gasteiger partial charge on any atom is 0.360 e. The van der Waals surface area contributed by atoms with Crippen LogP contribution in [0, 0.1) is 6.92 Å². The van der Waals surface area contributed by atoms with Gasteiger partial charge in [-0.3, -0.25) is 14.3 Å². The van der Waals surface area contributed by atoms with Gasteiger partial charge in [0.25, 0.3) is 17.4 Å². The zero-order valence-electron chi connectivity index (χ0n) is 15.5. The van der Waals surface area contributed by atoms with Gasteiger partial charge in [-0.05, 0) is 39.0 Å². The maximum atomic E-state index is 12.3. The van der Waals surface area contributed by atoms with E-state index in [1.54, 1.807) is 36.9 Å². The Morgan fingerprint density at radius 3 is 2.74 bits per heavy atom. The maximum absolute atomic E-state index is 12.3. The highest BCUT2D eigenvalue weighted by Gasteiger charge is 2.48. The van der Waals surface area contributed by atoms with Gasteiger partial charge in [-0.15, -0.1) is 0 Å². The first-order valence-electron chi connectivity index (χ1n) is 8.38. The first kappa shape index (κ1) is 18.4. The summed E-state index contributed by atoms with van der Waals surface area (Å²) in [5.41, 5.74) is 0.155. The van der Waals surface area contributed by atoms with E-state index >= 15 is 0 Å². The molecule has 142 valence electrons. The van der Waals surface area contributed by atoms with E-state index in [-0.39, 0.29) is 24.0 Å². The molecule has 9 heteroatoms. The molecule has 0 aliphatic carbocycles. The number of hydrogen-bond acceptors (Lipinski definition) is 6. The summed E-state index contributed by atoms with van der Waals surface area (Å²) in [6.07, 6.45) is 0. The fourth-order valence-electron chi connectivity index (χ4n) is 2.57. The molecular weight excluding hydrogens is 352 g/mol. The lowest BCUT2D eigenvalue weighted by Crippen LogP contribution is -2.55. The van der Waals surface area contributed by atoms with Crippen molar-refractivity contribution in [2.24, 2.45) is 7.05 Å². The van der Waals surface area contributed by atoms with Crippen molar-refractivity contribution in [3.05, 3.63) is 35.7 Å². The van der Waals surface area contributed by atoms with Gasteiger partial charge in [-0.1, -0.05) is 0 Å². The molecule has 2 heterocycles. The molecule has 9 nitrogen and oxygen atoms in total. The zero-order chi connectivity index (χ0) is 19.8. The number of benzene rings is 1. The van der Waals surface area contributed by atoms with E-state index in [1.165, 1.54) is 13.0 Å². The van der Waals surface area contributed by atoms with Gasteiger partial charge >= 0.3 is 5.97 Å². The normalized spacial score (nSPS) is 18.1. The number of anilines is 2. The first-order chi connectivity index (χ1) is 12.7. The highest BCUT2D eigenvalue weighted by Crippen LogP contribution is 2.36. The highest BCUT2D eigenvalue weighted by molar-refractivity contribution is 6.14. The molecule has 3 rings (SSSR count). The number of aromatic nitrogens is 2. The van der Waals surface area contributed by atoms with Crippen LogP contribution in [0.1, 0.15) is 30.0 Å². The number of nitrogens with one attached hydrogen (secondary N) is 2. The van der Waals surface area contributed by atoms with Crippen LogP contribution in [0.5, 0.6) is 5.75 Å². The van der Waals surface area contributed by atoms with E-state index in [0.717, 1.165) is 5.69 Å². The number of rotatable bonds is 4. The number of aryl methyl sites for hydroxylation is 2. The van der Waals surface area contributed by atoms with Crippen LogP contribution in [0.25, 0.3) is 0 Å². The minimum Gasteiger partial charge on any atom is -0.464 e. The van der Waals surface area contributed by atoms with E-state index < -0.39 is 17.5 Å². The van der Waals surface area contributed by atoms with E-state index in [0.29, 0.717) is 11.4 Å². The van der Waals surface area contributed by atoms with Crippen molar-refractivity contribution in [3.8, 4) is 5.75 Å². The van der Waals surface area contributed by atoms with Gasteiger partial charge < -0.3 is 20.1 Å². The van der Waals surface area contributed by atoms with Crippen molar-refractivity contribution in [2.45, 2.75) is 26.4 Å². The third-order valence-electron chi connectivity index (χ3n) is 4.25. The van der Waals surface area contributed by atoms with Crippen molar-refractivity contribution >= 4 is 29.2 Å². The molecule has 1 aromatic heterocycles. The number of esters is 1. The van der Waals surface area contributed by atoms with Crippen LogP contribution in [0.15, 0.2) is 24.3 Å². The molecule has 1 aliphatic rings. The first-order valence-corrected chi connectivity index (χ1v) is 8.38. The molecule has 27 heavy (non-hydrogen) atoms. The van der Waals surface area contributed by atoms with Crippen LogP contribution < -0.4 is 15.4 Å². The average Bonchev–Trinajstić information content (AvgIpc) is 2.95. The third-order valence-corrected chi connectivity index (χ3v) is 4.25. The Morgan fingerprint density at radius 2 is 2.11 bits per heavy atom. The summed E-state index contributed by atoms with van der Waals surface area (Å²) in [6, 6.07) is 6.39. The molecule has 1 aliphatic heterocycles. The van der Waals surface area contributed by atoms with E-state index in [4.69, 9.17) is 9.47 Å². The lowest BCUT2D eigenvalue weighted by atomic mass is 10.0. The number of amides is 2. The van der Waals surface area contributed by atoms with Crippen LogP contribution >= 0.6 is 0 Å². The summed E-state index contributed by atoms with van der Waals surface area (Å²) >= 11 is 0. The van der Waals surface area contributed by atoms with Crippen LogP contribution in [0.4, 0.5) is 11.4 Å². The van der Waals surface area contributed by atoms with Crippen molar-refractivity contribution in [3.63, 3.8) is 0 Å². The molecule has 0 saturated heterocycles. The molecule has 1 atom stereocenters. The second kappa shape index (κ2) is 6.75. The highest BCUT2D eigenvalue weighted by atomic mass is 16.6. The van der Waals surface area contributed by atoms with Crippen molar-refractivity contribution in [1.29, 1.82) is 0 Å². The van der Waals surface area contributed by atoms with Gasteiger partial charge in [0, 0.05) is 24.5 Å². The summed E-state index contributed by atoms with van der Waals surface area (Å²) in [5.74, 6) is -1.53. The standard InChI is InChI=1S/C18H20N4O5/c1-5-26-17(25)18(3)16(24)20-12-7-6-11(9-14(12)27-18)19-15(23)13-8-10(2)22(4)21-13/h6-9H,5H2,1-4H3,(H,19,23)(H,20,24). The van der Waals surface area contributed by atoms with Gasteiger partial charge in [0.1, 0.15) is 5.75 Å². The Hall–Kier alpha value is -3.36. The van der Waals surface area contributed by atoms with Gasteiger partial charge in [0.15, 0.2) is 5.69 Å². The molecule has 0 spiro atoms. The quantitative estimate of drug-likeness (QED) is 0.623. The Morgan fingerprint density at radius 1 is 1.37 bits per heavy atom. The smallest absolute Gasteiger partial charge is 0.360 e. The van der Waals surface area contributed by atoms with Gasteiger partial charge in [0.05, 0.1) is 12.3 Å². The predicted octanol–water partition coefficient (Wildman–Crippen LogP) is 1.63. The Bertz CT molecular complexity index is 916. The van der Waals surface area contributed by atoms with E-state index in [2.05, 4.69) is 15.7 Å². The van der Waals surface area contributed by atoms with E-state index in [9.17, 15) is 14.4 Å². The molecule has 1 unspecified atom stereocenters. The van der Waals surface area contributed by atoms with Crippen molar-refractivity contribution < 1.29 is 23.9 Å². The number of carbonyl (C=O) groups excluding carboxylic acids is 3. The molecular formula is C18H20N4O5. The molecule has 0 fully saturated rings. The Balaban J connectivity index is 1.83. The number of hydrogen-bond donors (Lipinski definition) is 2. The molecule has 2 amide bonds. The number of ether oxygens (including phenoxy) is 2. The number of carbonyl (C=O) groups is 3. The summed E-state index contributed by atoms with van der Waals surface area (Å²) in [4.78, 5) is 36.7. The SMILES string of the molecule is CCOC(=O)C1(C)Oc2cc(NC(=O)c3cc(C)n(C)n3)ccc2NC1=O. The average molecular weight is 372 g/mol. The number of fused-ring (bicyclic) bond motifs is 1. The van der Waals surface area contributed by atoms with E-state index in [1.807, 2.05) is 6.92 Å². The second-order valence-electron chi connectivity index (χ2n) is 6.27. The van der Waals surface area contributed by atoms with Crippen molar-refractivity contribution in [2.75, 3.05) is 17.2 Å². The van der Waals surface area contributed by atoms with Gasteiger partial charge in [-0.2, -0.15) is 5.10 Å². The monoisotopic (exact) mass is 372 g/mol. The topological polar surface area (TPSA) is 112 Å². The zero-order valence-corrected chi connectivity index (χ0v) is 15.5. The van der Waals surface area contributed by atoms with Gasteiger partial charge in [-0.25, -0.2) is 4.79 Å². The lowest BCUT2D eigenvalue weighted by molar-refractivity contribution is -0.165. The lowest BCUT2D eigenvalue weighted by Gasteiger charge is -2.32. The summed E-state index contributed by atoms with van der Waals surface area (Å²) in [6.45, 7) is 4.95. The molecule has 1 aromatic carbocycles. The van der Waals surface area contributed by atoms with Crippen molar-refractivity contribution in [1.82, 2.24) is 9.78 Å². The predicted molar refractivity (Wildman–Crippen MR) is 96.6 cm³/mol. The molecule has 2 aromatic rings. The van der Waals surface area contributed by atoms with Crippen LogP contribution in [0.2, 0.25) is 0 Å². The summed E-state index contributed by atoms with van der Waals surface area (Å²) < 4.78 is 12.2. The Labute approximate surface area is 155 Å². The largest absolute Gasteiger partial charge is 0.464 e. The fourth-order valence-corrected chi connectivity index (χ4v) is 2.57.